The lowest BCUT2D eigenvalue weighted by atomic mass is 10.3. The molecule has 0 spiro atoms. The Morgan fingerprint density at radius 1 is 1.44 bits per heavy atom. The van der Waals surface area contributed by atoms with Crippen molar-refractivity contribution in [2.75, 3.05) is 18.9 Å². The average molecular weight is 233 g/mol. The zero-order chi connectivity index (χ0) is 12.2. The van der Waals surface area contributed by atoms with Crippen molar-refractivity contribution in [3.05, 3.63) is 23.9 Å². The molecule has 0 aliphatic heterocycles. The van der Waals surface area contributed by atoms with Gasteiger partial charge in [0.2, 0.25) is 5.91 Å². The number of alkyl halides is 3. The van der Waals surface area contributed by atoms with Crippen molar-refractivity contribution in [1.29, 1.82) is 0 Å². The first kappa shape index (κ1) is 12.3. The number of likely N-dealkylation sites (N-methyl/N-ethyl adjacent to an activating group) is 1. The predicted octanol–water partition coefficient (Wildman–Crippen LogP) is 1.26. The molecule has 0 unspecified atom stereocenters. The van der Waals surface area contributed by atoms with E-state index in [-0.39, 0.29) is 18.3 Å². The summed E-state index contributed by atoms with van der Waals surface area (Å²) >= 11 is 0. The van der Waals surface area contributed by atoms with E-state index in [1.54, 1.807) is 0 Å². The zero-order valence-electron chi connectivity index (χ0n) is 8.43. The first-order chi connectivity index (χ1) is 7.43. The van der Waals surface area contributed by atoms with E-state index in [1.807, 2.05) is 0 Å². The minimum absolute atomic E-state index is 0.0124. The highest BCUT2D eigenvalue weighted by Crippen LogP contribution is 2.27. The van der Waals surface area contributed by atoms with Gasteiger partial charge in [0.25, 0.3) is 0 Å². The Morgan fingerprint density at radius 2 is 2.12 bits per heavy atom. The molecular weight excluding hydrogens is 223 g/mol. The van der Waals surface area contributed by atoms with E-state index < -0.39 is 11.9 Å². The summed E-state index contributed by atoms with van der Waals surface area (Å²) in [6.07, 6.45) is -4.48. The van der Waals surface area contributed by atoms with Gasteiger partial charge in [-0.3, -0.25) is 4.79 Å². The van der Waals surface area contributed by atoms with Crippen LogP contribution < -0.4 is 10.6 Å². The van der Waals surface area contributed by atoms with Crippen LogP contribution in [0.25, 0.3) is 0 Å². The number of hydrogen-bond donors (Lipinski definition) is 2. The fraction of sp³-hybridized carbons (Fsp3) is 0.333. The molecule has 4 nitrogen and oxygen atoms in total. The number of hydrogen-bond acceptors (Lipinski definition) is 3. The highest BCUT2D eigenvalue weighted by atomic mass is 19.4. The van der Waals surface area contributed by atoms with E-state index in [1.165, 1.54) is 19.2 Å². The molecule has 0 aliphatic carbocycles. The molecule has 2 N–H and O–H groups in total. The van der Waals surface area contributed by atoms with Crippen LogP contribution in [-0.4, -0.2) is 24.5 Å². The van der Waals surface area contributed by atoms with Crippen LogP contribution in [0.4, 0.5) is 19.0 Å². The Labute approximate surface area is 89.9 Å². The van der Waals surface area contributed by atoms with Crippen molar-refractivity contribution in [1.82, 2.24) is 10.3 Å². The molecule has 0 saturated heterocycles. The van der Waals surface area contributed by atoms with Gasteiger partial charge in [0.05, 0.1) is 6.54 Å². The lowest BCUT2D eigenvalue weighted by Gasteiger charge is -2.08. The molecule has 16 heavy (non-hydrogen) atoms. The van der Waals surface area contributed by atoms with Gasteiger partial charge < -0.3 is 10.6 Å². The second-order valence-corrected chi connectivity index (χ2v) is 2.93. The summed E-state index contributed by atoms with van der Waals surface area (Å²) in [6.45, 7) is -0.120. The Balaban J connectivity index is 2.72. The molecule has 0 radical (unpaired) electrons. The number of nitrogens with zero attached hydrogens (tertiary/aromatic N) is 1. The number of halogens is 3. The van der Waals surface area contributed by atoms with E-state index in [9.17, 15) is 18.0 Å². The molecule has 88 valence electrons. The van der Waals surface area contributed by atoms with E-state index >= 15 is 0 Å². The second-order valence-electron chi connectivity index (χ2n) is 2.93. The van der Waals surface area contributed by atoms with Crippen LogP contribution in [0, 0.1) is 0 Å². The Bertz CT molecular complexity index is 379. The molecule has 0 saturated carbocycles. The minimum Gasteiger partial charge on any atom is -0.361 e. The molecule has 1 rings (SSSR count). The summed E-state index contributed by atoms with van der Waals surface area (Å²) in [7, 11) is 1.43. The van der Waals surface area contributed by atoms with Gasteiger partial charge in [0, 0.05) is 7.05 Å². The Hall–Kier alpha value is -1.79. The number of pyridine rings is 1. The highest BCUT2D eigenvalue weighted by Gasteiger charge is 2.32. The van der Waals surface area contributed by atoms with Crippen LogP contribution in [0.3, 0.4) is 0 Å². The van der Waals surface area contributed by atoms with E-state index in [2.05, 4.69) is 15.6 Å². The van der Waals surface area contributed by atoms with Gasteiger partial charge in [-0.15, -0.1) is 0 Å². The molecule has 1 aromatic rings. The number of carbonyl (C=O) groups excluding carboxylic acids is 1. The van der Waals surface area contributed by atoms with Gasteiger partial charge >= 0.3 is 6.18 Å². The van der Waals surface area contributed by atoms with Gasteiger partial charge in [0.1, 0.15) is 11.5 Å². The first-order valence-electron chi connectivity index (χ1n) is 4.42. The summed E-state index contributed by atoms with van der Waals surface area (Å²) in [4.78, 5) is 14.2. The molecule has 0 bridgehead atoms. The van der Waals surface area contributed by atoms with Gasteiger partial charge in [-0.25, -0.2) is 4.98 Å². The van der Waals surface area contributed by atoms with Gasteiger partial charge in [0.15, 0.2) is 0 Å². The Morgan fingerprint density at radius 3 is 2.69 bits per heavy atom. The van der Waals surface area contributed by atoms with Gasteiger partial charge in [-0.2, -0.15) is 13.2 Å². The molecule has 1 aromatic heterocycles. The number of aromatic nitrogens is 1. The number of carbonyl (C=O) groups is 1. The monoisotopic (exact) mass is 233 g/mol. The van der Waals surface area contributed by atoms with Crippen LogP contribution in [0.15, 0.2) is 18.2 Å². The van der Waals surface area contributed by atoms with Crippen LogP contribution >= 0.6 is 0 Å². The fourth-order valence-electron chi connectivity index (χ4n) is 0.950. The second kappa shape index (κ2) is 4.82. The van der Waals surface area contributed by atoms with E-state index in [4.69, 9.17) is 0 Å². The summed E-state index contributed by atoms with van der Waals surface area (Å²) < 4.78 is 36.8. The maximum Gasteiger partial charge on any atom is 0.433 e. The van der Waals surface area contributed by atoms with Crippen molar-refractivity contribution in [2.45, 2.75) is 6.18 Å². The van der Waals surface area contributed by atoms with Crippen LogP contribution in [-0.2, 0) is 11.0 Å². The van der Waals surface area contributed by atoms with Crippen molar-refractivity contribution in [2.24, 2.45) is 0 Å². The summed E-state index contributed by atoms with van der Waals surface area (Å²) in [5.41, 5.74) is -0.991. The van der Waals surface area contributed by atoms with Crippen LogP contribution in [0.1, 0.15) is 5.69 Å². The molecule has 0 aromatic carbocycles. The van der Waals surface area contributed by atoms with Crippen molar-refractivity contribution in [3.8, 4) is 0 Å². The van der Waals surface area contributed by atoms with Crippen molar-refractivity contribution < 1.29 is 18.0 Å². The SMILES string of the molecule is CNC(=O)CNc1cccc(C(F)(F)F)n1. The first-order valence-corrected chi connectivity index (χ1v) is 4.42. The normalized spacial score (nSPS) is 11.0. The summed E-state index contributed by atoms with van der Waals surface area (Å²) in [5.74, 6) is -0.322. The van der Waals surface area contributed by atoms with Crippen LogP contribution in [0.2, 0.25) is 0 Å². The number of rotatable bonds is 3. The topological polar surface area (TPSA) is 54.0 Å². The van der Waals surface area contributed by atoms with Crippen LogP contribution in [0.5, 0.6) is 0 Å². The third-order valence-electron chi connectivity index (χ3n) is 1.75. The smallest absolute Gasteiger partial charge is 0.361 e. The molecule has 1 amide bonds. The molecule has 7 heteroatoms. The number of amides is 1. The molecule has 0 atom stereocenters. The number of anilines is 1. The van der Waals surface area contributed by atoms with E-state index in [0.717, 1.165) is 6.07 Å². The lowest BCUT2D eigenvalue weighted by Crippen LogP contribution is -2.26. The quantitative estimate of drug-likeness (QED) is 0.826. The van der Waals surface area contributed by atoms with Crippen molar-refractivity contribution >= 4 is 11.7 Å². The largest absolute Gasteiger partial charge is 0.433 e. The fourth-order valence-corrected chi connectivity index (χ4v) is 0.950. The maximum absolute atomic E-state index is 12.3. The molecule has 0 aliphatic rings. The highest BCUT2D eigenvalue weighted by molar-refractivity contribution is 5.79. The van der Waals surface area contributed by atoms with Gasteiger partial charge in [-0.05, 0) is 12.1 Å². The summed E-state index contributed by atoms with van der Waals surface area (Å²) in [6, 6.07) is 3.45. The van der Waals surface area contributed by atoms with Gasteiger partial charge in [-0.1, -0.05) is 6.07 Å². The standard InChI is InChI=1S/C9H10F3N3O/c1-13-8(16)5-14-7-4-2-3-6(15-7)9(10,11)12/h2-4H,5H2,1H3,(H,13,16)(H,14,15). The third kappa shape index (κ3) is 3.41. The summed E-state index contributed by atoms with van der Waals surface area (Å²) in [5, 5.41) is 4.81. The molecule has 1 heterocycles. The average Bonchev–Trinajstić information content (AvgIpc) is 2.25. The Kier molecular flexibility index (Phi) is 3.70. The maximum atomic E-state index is 12.3. The zero-order valence-corrected chi connectivity index (χ0v) is 8.43. The minimum atomic E-state index is -4.48. The third-order valence-corrected chi connectivity index (χ3v) is 1.75. The molecular formula is C9H10F3N3O. The van der Waals surface area contributed by atoms with E-state index in [0.29, 0.717) is 0 Å². The van der Waals surface area contributed by atoms with Crippen molar-refractivity contribution in [3.63, 3.8) is 0 Å². The predicted molar refractivity (Wildman–Crippen MR) is 51.8 cm³/mol. The molecule has 0 fully saturated rings. The lowest BCUT2D eigenvalue weighted by molar-refractivity contribution is -0.141. The number of nitrogens with one attached hydrogen (secondary N) is 2.